The third kappa shape index (κ3) is 5.52. The number of hydrogen-bond acceptors (Lipinski definition) is 4. The van der Waals surface area contributed by atoms with E-state index in [0.717, 1.165) is 43.2 Å². The average molecular weight is 635 g/mol. The molecule has 1 aromatic heterocycles. The van der Waals surface area contributed by atoms with Crippen LogP contribution in [0.1, 0.15) is 21.5 Å². The monoisotopic (exact) mass is 632 g/mol. The summed E-state index contributed by atoms with van der Waals surface area (Å²) in [6.45, 7) is 0.144. The lowest BCUT2D eigenvalue weighted by molar-refractivity contribution is -0.122. The molecule has 2 heterocycles. The minimum Gasteiger partial charge on any atom is -0.342 e. The van der Waals surface area contributed by atoms with E-state index in [4.69, 9.17) is 34.8 Å². The first-order valence-corrected chi connectivity index (χ1v) is 13.7. The van der Waals surface area contributed by atoms with Crippen LogP contribution in [0.25, 0.3) is 17.0 Å². The lowest BCUT2D eigenvalue weighted by Gasteiger charge is -2.11. The number of benzene rings is 3. The molecule has 186 valence electrons. The van der Waals surface area contributed by atoms with E-state index in [0.29, 0.717) is 27.2 Å². The topological polar surface area (TPSA) is 59.4 Å². The third-order valence-corrected chi connectivity index (χ3v) is 8.10. The number of imide groups is 1. The lowest BCUT2D eigenvalue weighted by atomic mass is 10.1. The number of amides is 2. The Hall–Kier alpha value is -2.55. The average Bonchev–Trinajstić information content (AvgIpc) is 3.32. The van der Waals surface area contributed by atoms with Crippen molar-refractivity contribution in [3.8, 4) is 0 Å². The first-order valence-electron chi connectivity index (χ1n) is 11.0. The van der Waals surface area contributed by atoms with E-state index in [1.807, 2.05) is 35.0 Å². The summed E-state index contributed by atoms with van der Waals surface area (Å²) in [7, 11) is 0. The highest BCUT2D eigenvalue weighted by Gasteiger charge is 2.36. The van der Waals surface area contributed by atoms with Gasteiger partial charge in [-0.25, -0.2) is 0 Å². The molecule has 0 N–H and O–H groups in total. The maximum absolute atomic E-state index is 13.1. The molecule has 1 aliphatic heterocycles. The van der Waals surface area contributed by atoms with Gasteiger partial charge in [-0.3, -0.25) is 19.3 Å². The number of nitrogens with zero attached hydrogens (tertiary/aromatic N) is 2. The summed E-state index contributed by atoms with van der Waals surface area (Å²) in [4.78, 5) is 39.6. The quantitative estimate of drug-likeness (QED) is 0.158. The molecule has 10 heteroatoms. The molecule has 0 unspecified atom stereocenters. The number of halogens is 4. The molecule has 2 amide bonds. The fourth-order valence-electron chi connectivity index (χ4n) is 4.02. The number of hydrogen-bond donors (Lipinski definition) is 0. The molecular formula is C27H16BrCl3N2O3S. The third-order valence-electron chi connectivity index (χ3n) is 5.86. The molecule has 5 nitrogen and oxygen atoms in total. The van der Waals surface area contributed by atoms with Crippen molar-refractivity contribution in [2.75, 3.05) is 6.54 Å². The van der Waals surface area contributed by atoms with Gasteiger partial charge in [-0.05, 0) is 78.0 Å². The van der Waals surface area contributed by atoms with Crippen LogP contribution in [0, 0.1) is 0 Å². The number of rotatable bonds is 6. The van der Waals surface area contributed by atoms with Crippen LogP contribution >= 0.6 is 62.5 Å². The summed E-state index contributed by atoms with van der Waals surface area (Å²) in [6, 6.07) is 17.5. The van der Waals surface area contributed by atoms with E-state index in [1.165, 1.54) is 0 Å². The van der Waals surface area contributed by atoms with Crippen molar-refractivity contribution >= 4 is 96.4 Å². The van der Waals surface area contributed by atoms with Crippen LogP contribution in [0.5, 0.6) is 0 Å². The number of fused-ring (bicyclic) bond motifs is 1. The van der Waals surface area contributed by atoms with E-state index in [-0.39, 0.29) is 17.2 Å². The fourth-order valence-corrected chi connectivity index (χ4v) is 5.81. The molecule has 4 aromatic rings. The van der Waals surface area contributed by atoms with E-state index in [1.54, 1.807) is 42.5 Å². The van der Waals surface area contributed by atoms with Crippen LogP contribution < -0.4 is 0 Å². The Kier molecular flexibility index (Phi) is 7.52. The number of aromatic nitrogens is 1. The summed E-state index contributed by atoms with van der Waals surface area (Å²) in [5.74, 6) is -0.852. The zero-order chi connectivity index (χ0) is 26.3. The molecule has 1 fully saturated rings. The molecule has 3 aromatic carbocycles. The Morgan fingerprint density at radius 2 is 1.68 bits per heavy atom. The van der Waals surface area contributed by atoms with Crippen molar-refractivity contribution in [3.05, 3.63) is 108 Å². The summed E-state index contributed by atoms with van der Waals surface area (Å²) in [5.41, 5.74) is 2.95. The Labute approximate surface area is 240 Å². The van der Waals surface area contributed by atoms with Gasteiger partial charge in [0.05, 0.1) is 11.4 Å². The van der Waals surface area contributed by atoms with Gasteiger partial charge in [0.25, 0.3) is 11.1 Å². The maximum Gasteiger partial charge on any atom is 0.293 e. The second-order valence-electron chi connectivity index (χ2n) is 8.31. The minimum atomic E-state index is -0.506. The van der Waals surface area contributed by atoms with Crippen LogP contribution in [-0.4, -0.2) is 32.9 Å². The van der Waals surface area contributed by atoms with Gasteiger partial charge in [0.1, 0.15) is 0 Å². The highest BCUT2D eigenvalue weighted by Crippen LogP contribution is 2.35. The van der Waals surface area contributed by atoms with E-state index < -0.39 is 11.1 Å². The largest absolute Gasteiger partial charge is 0.342 e. The summed E-state index contributed by atoms with van der Waals surface area (Å²) < 4.78 is 2.90. The summed E-state index contributed by atoms with van der Waals surface area (Å²) >= 11 is 22.7. The zero-order valence-electron chi connectivity index (χ0n) is 18.9. The Morgan fingerprint density at radius 1 is 0.946 bits per heavy atom. The molecule has 37 heavy (non-hydrogen) atoms. The van der Waals surface area contributed by atoms with Gasteiger partial charge < -0.3 is 4.57 Å². The van der Waals surface area contributed by atoms with Crippen molar-refractivity contribution in [3.63, 3.8) is 0 Å². The zero-order valence-corrected chi connectivity index (χ0v) is 23.6. The van der Waals surface area contributed by atoms with Crippen molar-refractivity contribution in [1.29, 1.82) is 0 Å². The first-order chi connectivity index (χ1) is 17.7. The van der Waals surface area contributed by atoms with Gasteiger partial charge in [-0.2, -0.15) is 0 Å². The van der Waals surface area contributed by atoms with Gasteiger partial charge >= 0.3 is 0 Å². The molecule has 0 atom stereocenters. The number of thioether (sulfide) groups is 1. The summed E-state index contributed by atoms with van der Waals surface area (Å²) in [6.07, 6.45) is 3.60. The second-order valence-corrected chi connectivity index (χ2v) is 11.5. The lowest BCUT2D eigenvalue weighted by Crippen LogP contribution is -2.33. The highest BCUT2D eigenvalue weighted by atomic mass is 79.9. The van der Waals surface area contributed by atoms with E-state index in [2.05, 4.69) is 15.9 Å². The Bertz CT molecular complexity index is 1620. The van der Waals surface area contributed by atoms with E-state index in [9.17, 15) is 14.4 Å². The van der Waals surface area contributed by atoms with Crippen LogP contribution in [0.15, 0.2) is 76.2 Å². The van der Waals surface area contributed by atoms with Crippen LogP contribution in [0.4, 0.5) is 4.79 Å². The second kappa shape index (κ2) is 10.7. The SMILES string of the molecule is O=C(CN1C(=O)S/C(=C\c2cn(Cc3ccc(Cl)cc3Cl)c3ccc(Br)cc23)C1=O)c1ccc(Cl)cc1. The molecule has 1 aliphatic rings. The maximum atomic E-state index is 13.1. The Morgan fingerprint density at radius 3 is 2.41 bits per heavy atom. The first kappa shape index (κ1) is 26.1. The molecular weight excluding hydrogens is 619 g/mol. The predicted molar refractivity (Wildman–Crippen MR) is 154 cm³/mol. The fraction of sp³-hybridized carbons (Fsp3) is 0.0741. The predicted octanol–water partition coefficient (Wildman–Crippen LogP) is 8.33. The van der Waals surface area contributed by atoms with Gasteiger partial charge in [-0.15, -0.1) is 0 Å². The van der Waals surface area contributed by atoms with Crippen molar-refractivity contribution in [2.24, 2.45) is 0 Å². The van der Waals surface area contributed by atoms with Gasteiger partial charge in [-0.1, -0.05) is 56.8 Å². The molecule has 0 radical (unpaired) electrons. The number of carbonyl (C=O) groups excluding carboxylic acids is 3. The molecule has 5 rings (SSSR count). The number of Topliss-reactive ketones (excluding diaryl/α,β-unsaturated/α-hetero) is 1. The highest BCUT2D eigenvalue weighted by molar-refractivity contribution is 9.10. The van der Waals surface area contributed by atoms with Crippen LogP contribution in [-0.2, 0) is 11.3 Å². The Balaban J connectivity index is 1.45. The summed E-state index contributed by atoms with van der Waals surface area (Å²) in [5, 5.41) is 2.01. The van der Waals surface area contributed by atoms with Gasteiger partial charge in [0.15, 0.2) is 5.78 Å². The molecule has 0 bridgehead atoms. The van der Waals surface area contributed by atoms with Crippen molar-refractivity contribution in [1.82, 2.24) is 9.47 Å². The molecule has 0 spiro atoms. The van der Waals surface area contributed by atoms with E-state index >= 15 is 0 Å². The number of ketones is 1. The van der Waals surface area contributed by atoms with Crippen molar-refractivity contribution < 1.29 is 14.4 Å². The minimum absolute atomic E-state index is 0.248. The van der Waals surface area contributed by atoms with Gasteiger partial charge in [0, 0.05) is 54.3 Å². The molecule has 1 saturated heterocycles. The standard InChI is InChI=1S/C27H16BrCl3N2O3S/c28-18-4-8-23-21(10-18)17(13-32(23)12-16-3-7-20(30)11-22(16)31)9-25-26(35)33(27(36)37-25)14-24(34)15-1-5-19(29)6-2-15/h1-11,13H,12,14H2/b25-9-. The van der Waals surface area contributed by atoms with Crippen LogP contribution in [0.2, 0.25) is 15.1 Å². The van der Waals surface area contributed by atoms with Gasteiger partial charge in [0.2, 0.25) is 0 Å². The van der Waals surface area contributed by atoms with Crippen LogP contribution in [0.3, 0.4) is 0 Å². The normalized spacial score (nSPS) is 14.8. The number of carbonyl (C=O) groups is 3. The smallest absolute Gasteiger partial charge is 0.293 e. The van der Waals surface area contributed by atoms with Crippen molar-refractivity contribution in [2.45, 2.75) is 6.54 Å². The molecule has 0 saturated carbocycles. The molecule has 0 aliphatic carbocycles.